The standard InChI is InChI=1S/C21H20N6O6/c28-17-6-5-15(18(29)22-17)26-9-11-8-12(3-4-13(11)19(26)30)27-10-14(23-24-27)20(31)25-7-1-2-16(25)21(32)33/h3-4,8,10,15-16H,1-2,5-7,9H2,(H,32,33)(H,22,28,29)/t15?,16-/m1/s1. The van der Waals surface area contributed by atoms with E-state index < -0.39 is 29.9 Å². The Morgan fingerprint density at radius 3 is 2.73 bits per heavy atom. The molecule has 0 radical (unpaired) electrons. The highest BCUT2D eigenvalue weighted by atomic mass is 16.4. The van der Waals surface area contributed by atoms with Crippen molar-refractivity contribution in [2.24, 2.45) is 0 Å². The van der Waals surface area contributed by atoms with Crippen molar-refractivity contribution in [2.45, 2.75) is 44.3 Å². The number of carbonyl (C=O) groups excluding carboxylic acids is 4. The summed E-state index contributed by atoms with van der Waals surface area (Å²) in [5.74, 6) is -2.64. The summed E-state index contributed by atoms with van der Waals surface area (Å²) in [5, 5.41) is 19.5. The highest BCUT2D eigenvalue weighted by Gasteiger charge is 2.39. The minimum Gasteiger partial charge on any atom is -0.480 e. The number of likely N-dealkylation sites (tertiary alicyclic amines) is 1. The van der Waals surface area contributed by atoms with Crippen LogP contribution < -0.4 is 5.32 Å². The SMILES string of the molecule is O=C1CCC(N2Cc3cc(-n4cc(C(=O)N5CCC[C@@H]5C(=O)O)nn4)ccc3C2=O)C(=O)N1. The lowest BCUT2D eigenvalue weighted by atomic mass is 10.0. The van der Waals surface area contributed by atoms with Gasteiger partial charge in [-0.25, -0.2) is 9.48 Å². The van der Waals surface area contributed by atoms with E-state index in [-0.39, 0.29) is 36.9 Å². The van der Waals surface area contributed by atoms with Crippen LogP contribution in [0.25, 0.3) is 5.69 Å². The van der Waals surface area contributed by atoms with E-state index in [1.165, 1.54) is 20.7 Å². The first-order valence-corrected chi connectivity index (χ1v) is 10.6. The van der Waals surface area contributed by atoms with E-state index in [9.17, 15) is 29.1 Å². The van der Waals surface area contributed by atoms with E-state index in [2.05, 4.69) is 15.6 Å². The first-order chi connectivity index (χ1) is 15.8. The van der Waals surface area contributed by atoms with Gasteiger partial charge < -0.3 is 14.9 Å². The van der Waals surface area contributed by atoms with Crippen molar-refractivity contribution in [1.29, 1.82) is 0 Å². The van der Waals surface area contributed by atoms with Gasteiger partial charge in [-0.05, 0) is 43.0 Å². The van der Waals surface area contributed by atoms with Gasteiger partial charge in [-0.2, -0.15) is 0 Å². The second-order valence-corrected chi connectivity index (χ2v) is 8.28. The molecule has 12 nitrogen and oxygen atoms in total. The number of benzene rings is 1. The first kappa shape index (κ1) is 20.8. The van der Waals surface area contributed by atoms with Crippen LogP contribution in [0, 0.1) is 0 Å². The molecule has 170 valence electrons. The molecule has 2 N–H and O–H groups in total. The number of hydrogen-bond acceptors (Lipinski definition) is 7. The molecule has 4 amide bonds. The molecule has 2 saturated heterocycles. The van der Waals surface area contributed by atoms with Gasteiger partial charge in [0, 0.05) is 25.1 Å². The Hall–Kier alpha value is -4.09. The predicted octanol–water partition coefficient (Wildman–Crippen LogP) is -0.282. The third kappa shape index (κ3) is 3.52. The van der Waals surface area contributed by atoms with E-state index in [4.69, 9.17) is 0 Å². The monoisotopic (exact) mass is 452 g/mol. The van der Waals surface area contributed by atoms with Crippen LogP contribution in [0.15, 0.2) is 24.4 Å². The molecule has 5 rings (SSSR count). The summed E-state index contributed by atoms with van der Waals surface area (Å²) in [5.41, 5.74) is 1.75. The summed E-state index contributed by atoms with van der Waals surface area (Å²) in [6.07, 6.45) is 2.89. The number of carboxylic acid groups (broad SMARTS) is 1. The van der Waals surface area contributed by atoms with Gasteiger partial charge in [-0.3, -0.25) is 24.5 Å². The predicted molar refractivity (Wildman–Crippen MR) is 109 cm³/mol. The largest absolute Gasteiger partial charge is 0.480 e. The molecule has 2 atom stereocenters. The molecule has 1 aromatic heterocycles. The fourth-order valence-corrected chi connectivity index (χ4v) is 4.61. The molecular formula is C21H20N6O6. The molecule has 12 heteroatoms. The number of carbonyl (C=O) groups is 5. The molecule has 0 saturated carbocycles. The van der Waals surface area contributed by atoms with Crippen LogP contribution in [-0.4, -0.2) is 78.1 Å². The first-order valence-electron chi connectivity index (χ1n) is 10.6. The minimum absolute atomic E-state index is 0.0323. The molecule has 1 aromatic carbocycles. The van der Waals surface area contributed by atoms with Crippen molar-refractivity contribution in [3.05, 3.63) is 41.2 Å². The number of aliphatic carboxylic acids is 1. The highest BCUT2D eigenvalue weighted by molar-refractivity contribution is 6.05. The molecule has 3 aliphatic heterocycles. The van der Waals surface area contributed by atoms with Gasteiger partial charge in [-0.15, -0.1) is 5.10 Å². The Morgan fingerprint density at radius 1 is 1.15 bits per heavy atom. The van der Waals surface area contributed by atoms with Crippen molar-refractivity contribution >= 4 is 29.6 Å². The summed E-state index contributed by atoms with van der Waals surface area (Å²) < 4.78 is 1.39. The van der Waals surface area contributed by atoms with Crippen LogP contribution in [0.2, 0.25) is 0 Å². The lowest BCUT2D eigenvalue weighted by Crippen LogP contribution is -2.52. The van der Waals surface area contributed by atoms with Crippen LogP contribution >= 0.6 is 0 Å². The Balaban J connectivity index is 1.35. The van der Waals surface area contributed by atoms with Gasteiger partial charge in [0.1, 0.15) is 12.1 Å². The molecule has 4 heterocycles. The van der Waals surface area contributed by atoms with Gasteiger partial charge in [0.05, 0.1) is 11.9 Å². The molecule has 2 aromatic rings. The maximum atomic E-state index is 12.8. The normalized spacial score (nSPS) is 22.5. The van der Waals surface area contributed by atoms with E-state index in [0.29, 0.717) is 36.2 Å². The van der Waals surface area contributed by atoms with Gasteiger partial charge in [0.25, 0.3) is 11.8 Å². The van der Waals surface area contributed by atoms with Crippen molar-refractivity contribution in [2.75, 3.05) is 6.54 Å². The summed E-state index contributed by atoms with van der Waals surface area (Å²) in [6, 6.07) is 3.45. The fourth-order valence-electron chi connectivity index (χ4n) is 4.61. The quantitative estimate of drug-likeness (QED) is 0.600. The Kier molecular flexibility index (Phi) is 4.91. The number of aromatic nitrogens is 3. The lowest BCUT2D eigenvalue weighted by Gasteiger charge is -2.29. The topological polar surface area (TPSA) is 155 Å². The number of rotatable bonds is 4. The number of fused-ring (bicyclic) bond motifs is 1. The third-order valence-corrected chi connectivity index (χ3v) is 6.28. The molecule has 33 heavy (non-hydrogen) atoms. The summed E-state index contributed by atoms with van der Waals surface area (Å²) in [4.78, 5) is 63.3. The summed E-state index contributed by atoms with van der Waals surface area (Å²) >= 11 is 0. The number of amides is 4. The molecule has 0 bridgehead atoms. The van der Waals surface area contributed by atoms with Crippen LogP contribution in [0.1, 0.15) is 52.1 Å². The molecule has 1 unspecified atom stereocenters. The van der Waals surface area contributed by atoms with Gasteiger partial charge in [-0.1, -0.05) is 5.21 Å². The molecule has 0 aliphatic carbocycles. The number of hydrogen-bond donors (Lipinski definition) is 2. The van der Waals surface area contributed by atoms with Crippen molar-refractivity contribution in [1.82, 2.24) is 30.1 Å². The molecule has 2 fully saturated rings. The highest BCUT2D eigenvalue weighted by Crippen LogP contribution is 2.29. The number of piperidine rings is 1. The minimum atomic E-state index is -1.04. The molecule has 3 aliphatic rings. The van der Waals surface area contributed by atoms with E-state index in [1.807, 2.05) is 0 Å². The zero-order chi connectivity index (χ0) is 23.3. The third-order valence-electron chi connectivity index (χ3n) is 6.28. The van der Waals surface area contributed by atoms with Crippen LogP contribution in [0.3, 0.4) is 0 Å². The fraction of sp³-hybridized carbons (Fsp3) is 0.381. The summed E-state index contributed by atoms with van der Waals surface area (Å²) in [7, 11) is 0. The number of carboxylic acids is 1. The summed E-state index contributed by atoms with van der Waals surface area (Å²) in [6.45, 7) is 0.558. The number of nitrogens with one attached hydrogen (secondary N) is 1. The van der Waals surface area contributed by atoms with E-state index in [1.54, 1.807) is 18.2 Å². The van der Waals surface area contributed by atoms with Crippen LogP contribution in [0.4, 0.5) is 0 Å². The smallest absolute Gasteiger partial charge is 0.326 e. The van der Waals surface area contributed by atoms with Gasteiger partial charge in [0.15, 0.2) is 5.69 Å². The average Bonchev–Trinajstić information content (AvgIpc) is 3.52. The van der Waals surface area contributed by atoms with Gasteiger partial charge >= 0.3 is 5.97 Å². The average molecular weight is 452 g/mol. The van der Waals surface area contributed by atoms with Crippen molar-refractivity contribution in [3.8, 4) is 5.69 Å². The van der Waals surface area contributed by atoms with E-state index >= 15 is 0 Å². The lowest BCUT2D eigenvalue weighted by molar-refractivity contribution is -0.141. The zero-order valence-electron chi connectivity index (χ0n) is 17.4. The Morgan fingerprint density at radius 2 is 1.97 bits per heavy atom. The zero-order valence-corrected chi connectivity index (χ0v) is 17.4. The number of nitrogens with zero attached hydrogens (tertiary/aromatic N) is 5. The van der Waals surface area contributed by atoms with Crippen molar-refractivity contribution in [3.63, 3.8) is 0 Å². The second kappa shape index (κ2) is 7.80. The van der Waals surface area contributed by atoms with Gasteiger partial charge in [0.2, 0.25) is 11.8 Å². The van der Waals surface area contributed by atoms with Crippen molar-refractivity contribution < 1.29 is 29.1 Å². The van der Waals surface area contributed by atoms with Crippen LogP contribution in [0.5, 0.6) is 0 Å². The second-order valence-electron chi connectivity index (χ2n) is 8.28. The Bertz CT molecular complexity index is 1210. The number of imide groups is 1. The van der Waals surface area contributed by atoms with E-state index in [0.717, 1.165) is 0 Å². The molecule has 0 spiro atoms. The van der Waals surface area contributed by atoms with Crippen LogP contribution in [-0.2, 0) is 20.9 Å². The Labute approximate surface area is 187 Å². The maximum Gasteiger partial charge on any atom is 0.326 e. The maximum absolute atomic E-state index is 12.8. The molecular weight excluding hydrogens is 432 g/mol.